The molecule has 0 aromatic heterocycles. The maximum atomic E-state index is 13.6. The summed E-state index contributed by atoms with van der Waals surface area (Å²) in [5, 5.41) is 0. The molecule has 2 atom stereocenters. The van der Waals surface area contributed by atoms with E-state index in [2.05, 4.69) is 18.7 Å². The molecule has 2 fully saturated rings. The average molecular weight is 307 g/mol. The van der Waals surface area contributed by atoms with Gasteiger partial charge in [-0.05, 0) is 38.8 Å². The summed E-state index contributed by atoms with van der Waals surface area (Å²) in [7, 11) is 0. The van der Waals surface area contributed by atoms with Crippen LogP contribution in [0.15, 0.2) is 24.3 Å². The van der Waals surface area contributed by atoms with Gasteiger partial charge in [-0.15, -0.1) is 0 Å². The highest BCUT2D eigenvalue weighted by Crippen LogP contribution is 2.31. The summed E-state index contributed by atoms with van der Waals surface area (Å²) in [5.74, 6) is 0.0883. The highest BCUT2D eigenvalue weighted by atomic mass is 19.1. The lowest BCUT2D eigenvalue weighted by atomic mass is 9.89. The molecule has 0 bridgehead atoms. The summed E-state index contributed by atoms with van der Waals surface area (Å²) in [6.07, 6.45) is 5.59. The second-order valence-corrected chi connectivity index (χ2v) is 6.70. The number of hydrogen-bond acceptors (Lipinski definition) is 3. The zero-order valence-corrected chi connectivity index (χ0v) is 13.5. The summed E-state index contributed by atoms with van der Waals surface area (Å²) in [6, 6.07) is 7.13. The lowest BCUT2D eigenvalue weighted by Gasteiger charge is -2.48. The van der Waals surface area contributed by atoms with Crippen molar-refractivity contribution in [2.24, 2.45) is 0 Å². The molecule has 1 aliphatic heterocycles. The van der Waals surface area contributed by atoms with Crippen LogP contribution in [0, 0.1) is 5.82 Å². The second kappa shape index (κ2) is 6.97. The van der Waals surface area contributed by atoms with Gasteiger partial charge in [-0.3, -0.25) is 4.90 Å². The summed E-state index contributed by atoms with van der Waals surface area (Å²) in [4.78, 5) is 2.44. The summed E-state index contributed by atoms with van der Waals surface area (Å²) < 4.78 is 25.5. The Labute approximate surface area is 132 Å². The number of benzene rings is 1. The normalized spacial score (nSPS) is 26.9. The molecule has 1 aromatic rings. The summed E-state index contributed by atoms with van der Waals surface area (Å²) in [6.45, 7) is 5.95. The number of ether oxygens (including phenoxy) is 2. The van der Waals surface area contributed by atoms with Gasteiger partial charge in [-0.25, -0.2) is 4.39 Å². The van der Waals surface area contributed by atoms with Crippen LogP contribution in [0.4, 0.5) is 4.39 Å². The van der Waals surface area contributed by atoms with Gasteiger partial charge in [-0.1, -0.05) is 25.0 Å². The van der Waals surface area contributed by atoms with Crippen molar-refractivity contribution in [2.45, 2.75) is 63.9 Å². The monoisotopic (exact) mass is 307 g/mol. The topological polar surface area (TPSA) is 21.7 Å². The van der Waals surface area contributed by atoms with Gasteiger partial charge in [-0.2, -0.15) is 0 Å². The number of likely N-dealkylation sites (tertiary alicyclic amines) is 1. The third-order valence-corrected chi connectivity index (χ3v) is 4.59. The second-order valence-electron chi connectivity index (χ2n) is 6.70. The Kier molecular flexibility index (Phi) is 4.99. The first-order valence-corrected chi connectivity index (χ1v) is 8.44. The molecule has 3 rings (SSSR count). The molecule has 1 saturated heterocycles. The Morgan fingerprint density at radius 1 is 1.14 bits per heavy atom. The van der Waals surface area contributed by atoms with Crippen LogP contribution in [0.3, 0.4) is 0 Å². The van der Waals surface area contributed by atoms with Gasteiger partial charge >= 0.3 is 0 Å². The SMILES string of the molecule is CC(C)OC1CCCCC1N1CC(Oc2ccccc2F)C1. The quantitative estimate of drug-likeness (QED) is 0.829. The van der Waals surface area contributed by atoms with Crippen molar-refractivity contribution in [1.82, 2.24) is 4.90 Å². The molecule has 1 saturated carbocycles. The van der Waals surface area contributed by atoms with E-state index in [0.717, 1.165) is 19.5 Å². The highest BCUT2D eigenvalue weighted by molar-refractivity contribution is 5.24. The molecule has 1 aliphatic carbocycles. The van der Waals surface area contributed by atoms with E-state index in [0.29, 0.717) is 17.9 Å². The zero-order chi connectivity index (χ0) is 15.5. The van der Waals surface area contributed by atoms with E-state index in [1.54, 1.807) is 12.1 Å². The Balaban J connectivity index is 1.52. The molecular formula is C18H26FNO2. The van der Waals surface area contributed by atoms with Crippen LogP contribution in [0.1, 0.15) is 39.5 Å². The van der Waals surface area contributed by atoms with Crippen molar-refractivity contribution >= 4 is 0 Å². The van der Waals surface area contributed by atoms with Gasteiger partial charge in [0.05, 0.1) is 12.2 Å². The number of hydrogen-bond donors (Lipinski definition) is 0. The van der Waals surface area contributed by atoms with Crippen molar-refractivity contribution in [3.63, 3.8) is 0 Å². The molecule has 4 heteroatoms. The third kappa shape index (κ3) is 3.61. The van der Waals surface area contributed by atoms with Crippen LogP contribution in [-0.4, -0.2) is 42.3 Å². The van der Waals surface area contributed by atoms with E-state index in [9.17, 15) is 4.39 Å². The van der Waals surface area contributed by atoms with Gasteiger partial charge in [0.25, 0.3) is 0 Å². The highest BCUT2D eigenvalue weighted by Gasteiger charge is 2.39. The third-order valence-electron chi connectivity index (χ3n) is 4.59. The van der Waals surface area contributed by atoms with Crippen molar-refractivity contribution < 1.29 is 13.9 Å². The fourth-order valence-electron chi connectivity index (χ4n) is 3.54. The Morgan fingerprint density at radius 2 is 1.86 bits per heavy atom. The van der Waals surface area contributed by atoms with Crippen molar-refractivity contribution in [2.75, 3.05) is 13.1 Å². The molecule has 0 N–H and O–H groups in total. The lowest BCUT2D eigenvalue weighted by molar-refractivity contribution is -0.102. The van der Waals surface area contributed by atoms with Gasteiger partial charge in [0, 0.05) is 19.1 Å². The zero-order valence-electron chi connectivity index (χ0n) is 13.5. The van der Waals surface area contributed by atoms with Gasteiger partial charge < -0.3 is 9.47 Å². The minimum atomic E-state index is -0.278. The number of halogens is 1. The molecule has 2 unspecified atom stereocenters. The molecule has 1 aromatic carbocycles. The largest absolute Gasteiger partial charge is 0.485 e. The average Bonchev–Trinajstić information content (AvgIpc) is 2.45. The van der Waals surface area contributed by atoms with Gasteiger partial charge in [0.2, 0.25) is 0 Å². The number of rotatable bonds is 5. The van der Waals surface area contributed by atoms with Crippen molar-refractivity contribution in [3.8, 4) is 5.75 Å². The Hall–Kier alpha value is -1.13. The molecule has 0 radical (unpaired) electrons. The first kappa shape index (κ1) is 15.8. The predicted octanol–water partition coefficient (Wildman–Crippen LogP) is 3.62. The van der Waals surface area contributed by atoms with Crippen molar-refractivity contribution in [3.05, 3.63) is 30.1 Å². The maximum absolute atomic E-state index is 13.6. The molecule has 2 aliphatic rings. The molecule has 0 spiro atoms. The Bertz CT molecular complexity index is 488. The smallest absolute Gasteiger partial charge is 0.165 e. The molecule has 22 heavy (non-hydrogen) atoms. The van der Waals surface area contributed by atoms with Crippen LogP contribution in [0.2, 0.25) is 0 Å². The van der Waals surface area contributed by atoms with E-state index in [1.807, 2.05) is 6.07 Å². The van der Waals surface area contributed by atoms with Crippen LogP contribution < -0.4 is 4.74 Å². The van der Waals surface area contributed by atoms with E-state index in [-0.39, 0.29) is 18.0 Å². The summed E-state index contributed by atoms with van der Waals surface area (Å²) in [5.41, 5.74) is 0. The van der Waals surface area contributed by atoms with E-state index < -0.39 is 0 Å². The van der Waals surface area contributed by atoms with Crippen LogP contribution in [0.25, 0.3) is 0 Å². The Morgan fingerprint density at radius 3 is 2.59 bits per heavy atom. The first-order chi connectivity index (χ1) is 10.6. The maximum Gasteiger partial charge on any atom is 0.165 e. The fraction of sp³-hybridized carbons (Fsp3) is 0.667. The minimum Gasteiger partial charge on any atom is -0.485 e. The van der Waals surface area contributed by atoms with Gasteiger partial charge in [0.15, 0.2) is 11.6 Å². The van der Waals surface area contributed by atoms with Crippen LogP contribution >= 0.6 is 0 Å². The molecular weight excluding hydrogens is 281 g/mol. The van der Waals surface area contributed by atoms with Gasteiger partial charge in [0.1, 0.15) is 6.10 Å². The molecule has 1 heterocycles. The molecule has 0 amide bonds. The van der Waals surface area contributed by atoms with Crippen LogP contribution in [-0.2, 0) is 4.74 Å². The lowest BCUT2D eigenvalue weighted by Crippen LogP contribution is -2.61. The number of nitrogens with zero attached hydrogens (tertiary/aromatic N) is 1. The first-order valence-electron chi connectivity index (χ1n) is 8.44. The number of para-hydroxylation sites is 1. The minimum absolute atomic E-state index is 0.0959. The standard InChI is InChI=1S/C18H26FNO2/c1-13(2)21-18-10-6-4-8-16(18)20-11-14(12-20)22-17-9-5-3-7-15(17)19/h3,5,7,9,13-14,16,18H,4,6,8,10-12H2,1-2H3. The summed E-state index contributed by atoms with van der Waals surface area (Å²) >= 11 is 0. The molecule has 3 nitrogen and oxygen atoms in total. The predicted molar refractivity (Wildman–Crippen MR) is 84.7 cm³/mol. The fourth-order valence-corrected chi connectivity index (χ4v) is 3.54. The van der Waals surface area contributed by atoms with Crippen LogP contribution in [0.5, 0.6) is 5.75 Å². The van der Waals surface area contributed by atoms with E-state index >= 15 is 0 Å². The van der Waals surface area contributed by atoms with E-state index in [1.165, 1.54) is 25.3 Å². The van der Waals surface area contributed by atoms with E-state index in [4.69, 9.17) is 9.47 Å². The molecule has 122 valence electrons. The van der Waals surface area contributed by atoms with Crippen molar-refractivity contribution in [1.29, 1.82) is 0 Å².